The summed E-state index contributed by atoms with van der Waals surface area (Å²) in [5, 5.41) is 3.12. The SMILES string of the molecule is Cc1ccc(C)c(C(C)NC(=O)c2cc(S(=O)(=O)N(C)c3ccccc3)ccc2Cl)c1. The van der Waals surface area contributed by atoms with Crippen LogP contribution in [0, 0.1) is 13.8 Å². The second-order valence-electron chi connectivity index (χ2n) is 7.50. The minimum absolute atomic E-state index is 0.00667. The molecule has 7 heteroatoms. The fourth-order valence-corrected chi connectivity index (χ4v) is 4.78. The predicted molar refractivity (Wildman–Crippen MR) is 125 cm³/mol. The molecule has 31 heavy (non-hydrogen) atoms. The third-order valence-electron chi connectivity index (χ3n) is 5.21. The molecule has 0 spiro atoms. The maximum absolute atomic E-state index is 13.1. The number of nitrogens with one attached hydrogen (secondary N) is 1. The topological polar surface area (TPSA) is 66.5 Å². The van der Waals surface area contributed by atoms with Crippen LogP contribution in [-0.2, 0) is 10.0 Å². The molecule has 0 aliphatic heterocycles. The third-order valence-corrected chi connectivity index (χ3v) is 7.32. The van der Waals surface area contributed by atoms with Gasteiger partial charge in [0.15, 0.2) is 0 Å². The van der Waals surface area contributed by atoms with Gasteiger partial charge in [0, 0.05) is 7.05 Å². The van der Waals surface area contributed by atoms with Crippen LogP contribution in [0.3, 0.4) is 0 Å². The van der Waals surface area contributed by atoms with Gasteiger partial charge in [-0.15, -0.1) is 0 Å². The molecular weight excluding hydrogens is 432 g/mol. The number of anilines is 1. The highest BCUT2D eigenvalue weighted by Gasteiger charge is 2.24. The van der Waals surface area contributed by atoms with Gasteiger partial charge < -0.3 is 5.32 Å². The summed E-state index contributed by atoms with van der Waals surface area (Å²) >= 11 is 6.25. The number of sulfonamides is 1. The number of aryl methyl sites for hydroxylation is 2. The largest absolute Gasteiger partial charge is 0.345 e. The number of benzene rings is 3. The van der Waals surface area contributed by atoms with Crippen LogP contribution in [0.5, 0.6) is 0 Å². The van der Waals surface area contributed by atoms with Crippen molar-refractivity contribution in [2.45, 2.75) is 31.7 Å². The molecule has 0 saturated carbocycles. The summed E-state index contributed by atoms with van der Waals surface area (Å²) in [6, 6.07) is 18.7. The van der Waals surface area contributed by atoms with Crippen LogP contribution in [0.1, 0.15) is 40.0 Å². The van der Waals surface area contributed by atoms with Crippen molar-refractivity contribution in [1.29, 1.82) is 0 Å². The van der Waals surface area contributed by atoms with Crippen LogP contribution < -0.4 is 9.62 Å². The van der Waals surface area contributed by atoms with Crippen molar-refractivity contribution in [3.8, 4) is 0 Å². The summed E-state index contributed by atoms with van der Waals surface area (Å²) in [4.78, 5) is 13.0. The zero-order chi connectivity index (χ0) is 22.8. The first-order valence-electron chi connectivity index (χ1n) is 9.83. The molecule has 0 aromatic heterocycles. The first-order valence-corrected chi connectivity index (χ1v) is 11.6. The summed E-state index contributed by atoms with van der Waals surface area (Å²) in [7, 11) is -2.39. The first kappa shape index (κ1) is 22.8. The van der Waals surface area contributed by atoms with Gasteiger partial charge >= 0.3 is 0 Å². The van der Waals surface area contributed by atoms with Crippen molar-refractivity contribution in [3.05, 3.63) is 94.0 Å². The lowest BCUT2D eigenvalue weighted by atomic mass is 10.00. The summed E-state index contributed by atoms with van der Waals surface area (Å²) < 4.78 is 27.4. The van der Waals surface area contributed by atoms with E-state index in [1.165, 1.54) is 29.6 Å². The Kier molecular flexibility index (Phi) is 6.72. The molecule has 3 aromatic rings. The number of amides is 1. The normalized spacial score (nSPS) is 12.3. The molecule has 162 valence electrons. The van der Waals surface area contributed by atoms with Gasteiger partial charge in [-0.2, -0.15) is 0 Å². The van der Waals surface area contributed by atoms with E-state index in [9.17, 15) is 13.2 Å². The highest BCUT2D eigenvalue weighted by molar-refractivity contribution is 7.92. The summed E-state index contributed by atoms with van der Waals surface area (Å²) in [5.74, 6) is -0.433. The average molecular weight is 457 g/mol. The molecule has 0 bridgehead atoms. The molecule has 0 heterocycles. The molecule has 1 amide bonds. The standard InChI is InChI=1S/C24H25ClN2O3S/c1-16-10-11-17(2)21(14-16)18(3)26-24(28)22-15-20(12-13-23(22)25)31(29,30)27(4)19-8-6-5-7-9-19/h5-15,18H,1-4H3,(H,26,28). The van der Waals surface area contributed by atoms with Gasteiger partial charge in [0.25, 0.3) is 15.9 Å². The van der Waals surface area contributed by atoms with Crippen molar-refractivity contribution in [1.82, 2.24) is 5.32 Å². The van der Waals surface area contributed by atoms with Crippen molar-refractivity contribution < 1.29 is 13.2 Å². The van der Waals surface area contributed by atoms with Crippen LogP contribution >= 0.6 is 11.6 Å². The van der Waals surface area contributed by atoms with Gasteiger partial charge in [0.2, 0.25) is 0 Å². The fourth-order valence-electron chi connectivity index (χ4n) is 3.35. The Hall–Kier alpha value is -2.83. The van der Waals surface area contributed by atoms with Crippen molar-refractivity contribution in [3.63, 3.8) is 0 Å². The van der Waals surface area contributed by atoms with E-state index in [-0.39, 0.29) is 21.5 Å². The zero-order valence-corrected chi connectivity index (χ0v) is 19.5. The van der Waals surface area contributed by atoms with Gasteiger partial charge in [0.05, 0.1) is 27.2 Å². The van der Waals surface area contributed by atoms with Gasteiger partial charge in [-0.05, 0) is 62.2 Å². The second-order valence-corrected chi connectivity index (χ2v) is 9.88. The number of hydrogen-bond donors (Lipinski definition) is 1. The van der Waals surface area contributed by atoms with Gasteiger partial charge in [0.1, 0.15) is 0 Å². The molecule has 3 rings (SSSR count). The predicted octanol–water partition coefficient (Wildman–Crippen LogP) is 5.27. The van der Waals surface area contributed by atoms with Crippen LogP contribution in [0.25, 0.3) is 0 Å². The quantitative estimate of drug-likeness (QED) is 0.549. The molecule has 0 aliphatic carbocycles. The Labute approximate surface area is 188 Å². The van der Waals surface area contributed by atoms with Crippen molar-refractivity contribution in [2.24, 2.45) is 0 Å². The number of carbonyl (C=O) groups excluding carboxylic acids is 1. The van der Waals surface area contributed by atoms with Crippen LogP contribution in [0.2, 0.25) is 5.02 Å². The highest BCUT2D eigenvalue weighted by Crippen LogP contribution is 2.26. The zero-order valence-electron chi connectivity index (χ0n) is 17.9. The Morgan fingerprint density at radius 3 is 2.35 bits per heavy atom. The van der Waals surface area contributed by atoms with Crippen molar-refractivity contribution >= 4 is 33.2 Å². The summed E-state index contributed by atoms with van der Waals surface area (Å²) in [5.41, 5.74) is 3.78. The molecule has 0 fully saturated rings. The minimum atomic E-state index is -3.86. The summed E-state index contributed by atoms with van der Waals surface area (Å²) in [6.45, 7) is 5.86. The lowest BCUT2D eigenvalue weighted by Gasteiger charge is -2.21. The molecule has 0 aliphatic rings. The van der Waals surface area contributed by atoms with E-state index in [1.807, 2.05) is 45.0 Å². The first-order chi connectivity index (χ1) is 14.6. The van der Waals surface area contributed by atoms with E-state index in [2.05, 4.69) is 5.32 Å². The van der Waals surface area contributed by atoms with Crippen molar-refractivity contribution in [2.75, 3.05) is 11.4 Å². The Morgan fingerprint density at radius 1 is 1.00 bits per heavy atom. The molecule has 5 nitrogen and oxygen atoms in total. The lowest BCUT2D eigenvalue weighted by molar-refractivity contribution is 0.0939. The smallest absolute Gasteiger partial charge is 0.264 e. The monoisotopic (exact) mass is 456 g/mol. The van der Waals surface area contributed by atoms with E-state index in [1.54, 1.807) is 24.3 Å². The highest BCUT2D eigenvalue weighted by atomic mass is 35.5. The van der Waals surface area contributed by atoms with Crippen LogP contribution in [0.15, 0.2) is 71.6 Å². The number of para-hydroxylation sites is 1. The Bertz CT molecular complexity index is 1210. The molecule has 1 N–H and O–H groups in total. The third kappa shape index (κ3) is 4.92. The lowest BCUT2D eigenvalue weighted by Crippen LogP contribution is -2.29. The van der Waals surface area contributed by atoms with E-state index in [0.29, 0.717) is 5.69 Å². The molecule has 1 unspecified atom stereocenters. The van der Waals surface area contributed by atoms with Crippen LogP contribution in [0.4, 0.5) is 5.69 Å². The number of halogens is 1. The van der Waals surface area contributed by atoms with Gasteiger partial charge in [-0.3, -0.25) is 9.10 Å². The second kappa shape index (κ2) is 9.12. The Balaban J connectivity index is 1.90. The average Bonchev–Trinajstić information content (AvgIpc) is 2.75. The van der Waals surface area contributed by atoms with E-state index in [0.717, 1.165) is 16.7 Å². The van der Waals surface area contributed by atoms with E-state index >= 15 is 0 Å². The molecule has 0 saturated heterocycles. The maximum atomic E-state index is 13.1. The Morgan fingerprint density at radius 2 is 1.68 bits per heavy atom. The van der Waals surface area contributed by atoms with Crippen LogP contribution in [-0.4, -0.2) is 21.4 Å². The minimum Gasteiger partial charge on any atom is -0.345 e. The molecule has 3 aromatic carbocycles. The number of carbonyl (C=O) groups is 1. The molecule has 0 radical (unpaired) electrons. The molecule has 1 atom stereocenters. The number of hydrogen-bond acceptors (Lipinski definition) is 3. The number of rotatable bonds is 6. The number of nitrogens with zero attached hydrogens (tertiary/aromatic N) is 1. The summed E-state index contributed by atoms with van der Waals surface area (Å²) in [6.07, 6.45) is 0. The van der Waals surface area contributed by atoms with Gasteiger partial charge in [-0.25, -0.2) is 8.42 Å². The van der Waals surface area contributed by atoms with E-state index in [4.69, 9.17) is 11.6 Å². The van der Waals surface area contributed by atoms with Gasteiger partial charge in [-0.1, -0.05) is 53.6 Å². The van der Waals surface area contributed by atoms with E-state index < -0.39 is 15.9 Å². The fraction of sp³-hybridized carbons (Fsp3) is 0.208. The maximum Gasteiger partial charge on any atom is 0.264 e. The molecular formula is C24H25ClN2O3S.